The lowest BCUT2D eigenvalue weighted by molar-refractivity contribution is 0.285. The minimum absolute atomic E-state index is 0.834. The summed E-state index contributed by atoms with van der Waals surface area (Å²) in [5, 5.41) is 3.34. The third-order valence-electron chi connectivity index (χ3n) is 3.60. The molecule has 3 heteroatoms. The maximum atomic E-state index is 5.86. The van der Waals surface area contributed by atoms with E-state index in [0.29, 0.717) is 0 Å². The zero-order chi connectivity index (χ0) is 15.2. The highest BCUT2D eigenvalue weighted by atomic mass is 16.3. The molecule has 0 bridgehead atoms. The van der Waals surface area contributed by atoms with Gasteiger partial charge in [-0.05, 0) is 39.1 Å². The molecule has 0 saturated carbocycles. The molecule has 1 N–H and O–H groups in total. The molecule has 0 saturated heterocycles. The fourth-order valence-electron chi connectivity index (χ4n) is 2.54. The number of nitrogens with zero attached hydrogens (tertiary/aromatic N) is 1. The number of rotatable bonds is 7. The molecule has 2 aromatic rings. The van der Waals surface area contributed by atoms with Crippen LogP contribution in [0.25, 0.3) is 0 Å². The van der Waals surface area contributed by atoms with Crippen molar-refractivity contribution in [3.63, 3.8) is 0 Å². The molecule has 0 aliphatic rings. The number of nitrogens with one attached hydrogen (secondary N) is 1. The molecule has 1 aromatic heterocycles. The zero-order valence-corrected chi connectivity index (χ0v) is 13.6. The molecule has 0 aliphatic heterocycles. The summed E-state index contributed by atoms with van der Waals surface area (Å²) >= 11 is 0. The quantitative estimate of drug-likeness (QED) is 0.842. The molecule has 0 radical (unpaired) electrons. The molecule has 1 aromatic carbocycles. The lowest BCUT2D eigenvalue weighted by Gasteiger charge is -2.15. The van der Waals surface area contributed by atoms with Gasteiger partial charge in [-0.1, -0.05) is 36.8 Å². The van der Waals surface area contributed by atoms with Gasteiger partial charge in [-0.15, -0.1) is 0 Å². The van der Waals surface area contributed by atoms with Crippen LogP contribution in [0.1, 0.15) is 35.1 Å². The summed E-state index contributed by atoms with van der Waals surface area (Å²) < 4.78 is 5.86. The van der Waals surface area contributed by atoms with Crippen LogP contribution >= 0.6 is 0 Å². The van der Waals surface area contributed by atoms with Crippen molar-refractivity contribution in [1.82, 2.24) is 10.2 Å². The topological polar surface area (TPSA) is 28.4 Å². The standard InChI is InChI=1S/C18H26N2O/c1-5-19-11-17-10-18(21-15(17)3)13-20(4)12-16-8-6-7-14(2)9-16/h6-10,19H,5,11-13H2,1-4H3. The largest absolute Gasteiger partial charge is 0.465 e. The molecule has 2 rings (SSSR count). The van der Waals surface area contributed by atoms with Crippen LogP contribution in [0.4, 0.5) is 0 Å². The Kier molecular flexibility index (Phi) is 5.59. The van der Waals surface area contributed by atoms with E-state index < -0.39 is 0 Å². The second-order valence-corrected chi connectivity index (χ2v) is 5.74. The van der Waals surface area contributed by atoms with E-state index in [0.717, 1.165) is 37.7 Å². The van der Waals surface area contributed by atoms with Crippen LogP contribution < -0.4 is 5.32 Å². The van der Waals surface area contributed by atoms with E-state index >= 15 is 0 Å². The van der Waals surface area contributed by atoms with Gasteiger partial charge in [0, 0.05) is 18.7 Å². The van der Waals surface area contributed by atoms with Crippen LogP contribution in [-0.2, 0) is 19.6 Å². The number of hydrogen-bond acceptors (Lipinski definition) is 3. The van der Waals surface area contributed by atoms with Gasteiger partial charge in [-0.3, -0.25) is 4.90 Å². The van der Waals surface area contributed by atoms with Gasteiger partial charge in [0.25, 0.3) is 0 Å². The third kappa shape index (κ3) is 4.73. The van der Waals surface area contributed by atoms with Crippen LogP contribution in [0.2, 0.25) is 0 Å². The second kappa shape index (κ2) is 7.43. The Morgan fingerprint density at radius 3 is 2.67 bits per heavy atom. The average Bonchev–Trinajstić information content (AvgIpc) is 2.76. The van der Waals surface area contributed by atoms with Crippen molar-refractivity contribution in [1.29, 1.82) is 0 Å². The second-order valence-electron chi connectivity index (χ2n) is 5.74. The molecular formula is C18H26N2O. The first kappa shape index (κ1) is 15.8. The molecule has 0 atom stereocenters. The first-order chi connectivity index (χ1) is 10.1. The molecule has 1 heterocycles. The highest BCUT2D eigenvalue weighted by molar-refractivity contribution is 5.23. The SMILES string of the molecule is CCNCc1cc(CN(C)Cc2cccc(C)c2)oc1C. The van der Waals surface area contributed by atoms with E-state index in [1.807, 2.05) is 6.92 Å². The molecule has 114 valence electrons. The lowest BCUT2D eigenvalue weighted by atomic mass is 10.1. The van der Waals surface area contributed by atoms with Crippen molar-refractivity contribution in [2.75, 3.05) is 13.6 Å². The summed E-state index contributed by atoms with van der Waals surface area (Å²) in [5.41, 5.74) is 3.91. The van der Waals surface area contributed by atoms with Crippen molar-refractivity contribution in [3.05, 3.63) is 58.5 Å². The van der Waals surface area contributed by atoms with Crippen LogP contribution in [0.5, 0.6) is 0 Å². The summed E-state index contributed by atoms with van der Waals surface area (Å²) in [5.74, 6) is 2.06. The summed E-state index contributed by atoms with van der Waals surface area (Å²) in [4.78, 5) is 2.28. The van der Waals surface area contributed by atoms with Crippen molar-refractivity contribution in [2.45, 2.75) is 40.4 Å². The number of hydrogen-bond donors (Lipinski definition) is 1. The van der Waals surface area contributed by atoms with Gasteiger partial charge in [-0.2, -0.15) is 0 Å². The Bertz CT molecular complexity index is 574. The number of furan rings is 1. The fourth-order valence-corrected chi connectivity index (χ4v) is 2.54. The minimum atomic E-state index is 0.834. The van der Waals surface area contributed by atoms with Gasteiger partial charge in [0.2, 0.25) is 0 Å². The number of aryl methyl sites for hydroxylation is 2. The fraction of sp³-hybridized carbons (Fsp3) is 0.444. The smallest absolute Gasteiger partial charge is 0.118 e. The van der Waals surface area contributed by atoms with E-state index in [2.05, 4.69) is 61.4 Å². The predicted octanol–water partition coefficient (Wildman–Crippen LogP) is 3.64. The third-order valence-corrected chi connectivity index (χ3v) is 3.60. The number of benzene rings is 1. The van der Waals surface area contributed by atoms with E-state index in [1.54, 1.807) is 0 Å². The molecule has 21 heavy (non-hydrogen) atoms. The van der Waals surface area contributed by atoms with Crippen molar-refractivity contribution in [2.24, 2.45) is 0 Å². The Balaban J connectivity index is 1.94. The van der Waals surface area contributed by atoms with Crippen LogP contribution in [0.15, 0.2) is 34.7 Å². The van der Waals surface area contributed by atoms with Crippen molar-refractivity contribution in [3.8, 4) is 0 Å². The summed E-state index contributed by atoms with van der Waals surface area (Å²) in [6, 6.07) is 10.8. The molecule has 0 unspecified atom stereocenters. The van der Waals surface area contributed by atoms with E-state index in [1.165, 1.54) is 16.7 Å². The molecule has 0 fully saturated rings. The highest BCUT2D eigenvalue weighted by Crippen LogP contribution is 2.17. The summed E-state index contributed by atoms with van der Waals surface area (Å²) in [6.45, 7) is 9.92. The van der Waals surface area contributed by atoms with Gasteiger partial charge in [0.1, 0.15) is 11.5 Å². The maximum Gasteiger partial charge on any atom is 0.118 e. The molecular weight excluding hydrogens is 260 g/mol. The Hall–Kier alpha value is -1.58. The molecule has 0 amide bonds. The van der Waals surface area contributed by atoms with Gasteiger partial charge in [0.05, 0.1) is 6.54 Å². The van der Waals surface area contributed by atoms with Crippen LogP contribution in [0.3, 0.4) is 0 Å². The van der Waals surface area contributed by atoms with Crippen molar-refractivity contribution >= 4 is 0 Å². The Morgan fingerprint density at radius 2 is 1.95 bits per heavy atom. The predicted molar refractivity (Wildman–Crippen MR) is 87.2 cm³/mol. The van der Waals surface area contributed by atoms with Gasteiger partial charge in [-0.25, -0.2) is 0 Å². The van der Waals surface area contributed by atoms with Crippen molar-refractivity contribution < 1.29 is 4.42 Å². The van der Waals surface area contributed by atoms with E-state index in [9.17, 15) is 0 Å². The average molecular weight is 286 g/mol. The van der Waals surface area contributed by atoms with Crippen LogP contribution in [-0.4, -0.2) is 18.5 Å². The monoisotopic (exact) mass is 286 g/mol. The molecule has 3 nitrogen and oxygen atoms in total. The van der Waals surface area contributed by atoms with E-state index in [-0.39, 0.29) is 0 Å². The maximum absolute atomic E-state index is 5.86. The normalized spacial score (nSPS) is 11.3. The highest BCUT2D eigenvalue weighted by Gasteiger charge is 2.09. The van der Waals surface area contributed by atoms with Crippen LogP contribution in [0, 0.1) is 13.8 Å². The lowest BCUT2D eigenvalue weighted by Crippen LogP contribution is -2.17. The minimum Gasteiger partial charge on any atom is -0.465 e. The summed E-state index contributed by atoms with van der Waals surface area (Å²) in [6.07, 6.45) is 0. The molecule has 0 spiro atoms. The van der Waals surface area contributed by atoms with Gasteiger partial charge in [0.15, 0.2) is 0 Å². The summed E-state index contributed by atoms with van der Waals surface area (Å²) in [7, 11) is 2.13. The molecule has 0 aliphatic carbocycles. The first-order valence-corrected chi connectivity index (χ1v) is 7.61. The van der Waals surface area contributed by atoms with Gasteiger partial charge < -0.3 is 9.73 Å². The van der Waals surface area contributed by atoms with E-state index in [4.69, 9.17) is 4.42 Å². The zero-order valence-electron chi connectivity index (χ0n) is 13.6. The van der Waals surface area contributed by atoms with Gasteiger partial charge >= 0.3 is 0 Å². The Morgan fingerprint density at radius 1 is 1.14 bits per heavy atom. The first-order valence-electron chi connectivity index (χ1n) is 7.61. The Labute approximate surface area is 128 Å².